The molecule has 0 unspecified atom stereocenters. The zero-order valence-electron chi connectivity index (χ0n) is 16.3. The van der Waals surface area contributed by atoms with Gasteiger partial charge in [0.1, 0.15) is 5.69 Å². The quantitative estimate of drug-likeness (QED) is 0.424. The summed E-state index contributed by atoms with van der Waals surface area (Å²) in [6.07, 6.45) is 2.42. The van der Waals surface area contributed by atoms with Crippen molar-refractivity contribution < 1.29 is 13.9 Å². The highest BCUT2D eigenvalue weighted by Gasteiger charge is 2.20. The van der Waals surface area contributed by atoms with Crippen molar-refractivity contribution in [3.05, 3.63) is 53.2 Å². The molecule has 0 saturated carbocycles. The summed E-state index contributed by atoms with van der Waals surface area (Å²) in [7, 11) is 0. The zero-order chi connectivity index (χ0) is 20.2. The van der Waals surface area contributed by atoms with Crippen molar-refractivity contribution in [1.29, 1.82) is 0 Å². The fourth-order valence-electron chi connectivity index (χ4n) is 3.14. The summed E-state index contributed by atoms with van der Waals surface area (Å²) in [6, 6.07) is 11.5. The van der Waals surface area contributed by atoms with Crippen molar-refractivity contribution in [2.45, 2.75) is 26.8 Å². The number of anilines is 1. The third-order valence-electron chi connectivity index (χ3n) is 4.50. The minimum Gasteiger partial charge on any atom is -0.462 e. The van der Waals surface area contributed by atoms with Gasteiger partial charge in [0.05, 0.1) is 17.3 Å². The number of rotatable bonds is 8. The molecule has 0 spiro atoms. The Kier molecular flexibility index (Phi) is 5.73. The Morgan fingerprint density at radius 2 is 2.10 bits per heavy atom. The van der Waals surface area contributed by atoms with Crippen LogP contribution in [-0.4, -0.2) is 33.7 Å². The van der Waals surface area contributed by atoms with Crippen molar-refractivity contribution in [2.24, 2.45) is 0 Å². The summed E-state index contributed by atoms with van der Waals surface area (Å²) in [6.45, 7) is 5.91. The van der Waals surface area contributed by atoms with Crippen LogP contribution in [0.1, 0.15) is 28.7 Å². The molecule has 0 fully saturated rings. The number of thiazole rings is 1. The topological polar surface area (TPSA) is 82.2 Å². The molecule has 0 aliphatic heterocycles. The Labute approximate surface area is 172 Å². The average molecular weight is 410 g/mol. The number of carbonyl (C=O) groups is 1. The molecule has 0 atom stereocenters. The molecule has 0 saturated heterocycles. The number of nitrogens with zero attached hydrogens (tertiary/aromatic N) is 3. The van der Waals surface area contributed by atoms with Crippen LogP contribution in [0, 0.1) is 6.92 Å². The normalized spacial score (nSPS) is 11.2. The highest BCUT2D eigenvalue weighted by atomic mass is 32.1. The van der Waals surface area contributed by atoms with Gasteiger partial charge in [-0.1, -0.05) is 12.1 Å². The molecule has 0 radical (unpaired) electrons. The van der Waals surface area contributed by atoms with Crippen molar-refractivity contribution in [3.8, 4) is 10.8 Å². The minimum absolute atomic E-state index is 0.280. The van der Waals surface area contributed by atoms with Crippen LogP contribution in [0.3, 0.4) is 0 Å². The molecule has 0 aliphatic carbocycles. The molecule has 7 nitrogen and oxygen atoms in total. The number of imidazole rings is 1. The van der Waals surface area contributed by atoms with Gasteiger partial charge >= 0.3 is 0 Å². The number of carbonyl (C=O) groups excluding carboxylic acids is 1. The van der Waals surface area contributed by atoms with Gasteiger partial charge in [-0.05, 0) is 44.5 Å². The van der Waals surface area contributed by atoms with Gasteiger partial charge in [-0.2, -0.15) is 0 Å². The van der Waals surface area contributed by atoms with Crippen molar-refractivity contribution in [2.75, 3.05) is 18.5 Å². The molecular formula is C21H22N4O3S. The lowest BCUT2D eigenvalue weighted by Gasteiger charge is -2.10. The Morgan fingerprint density at radius 1 is 1.24 bits per heavy atom. The molecule has 8 heteroatoms. The highest BCUT2D eigenvalue weighted by molar-refractivity contribution is 7.15. The lowest BCUT2D eigenvalue weighted by Crippen LogP contribution is -2.17. The number of hydrogen-bond donors (Lipinski definition) is 1. The summed E-state index contributed by atoms with van der Waals surface area (Å²) in [5, 5.41) is 3.63. The van der Waals surface area contributed by atoms with Crippen molar-refractivity contribution in [3.63, 3.8) is 0 Å². The number of amides is 1. The lowest BCUT2D eigenvalue weighted by molar-refractivity contribution is 0.102. The van der Waals surface area contributed by atoms with E-state index in [2.05, 4.69) is 15.3 Å². The first-order chi connectivity index (χ1) is 14.2. The third kappa shape index (κ3) is 4.08. The van der Waals surface area contributed by atoms with E-state index in [1.54, 1.807) is 12.3 Å². The summed E-state index contributed by atoms with van der Waals surface area (Å²) in [5.41, 5.74) is 2.20. The van der Waals surface area contributed by atoms with Crippen molar-refractivity contribution >= 4 is 34.2 Å². The molecule has 4 rings (SSSR count). The van der Waals surface area contributed by atoms with E-state index in [0.717, 1.165) is 22.3 Å². The molecule has 1 amide bonds. The summed E-state index contributed by atoms with van der Waals surface area (Å²) >= 11 is 1.43. The number of fused-ring (bicyclic) bond motifs is 1. The van der Waals surface area contributed by atoms with Gasteiger partial charge in [0.25, 0.3) is 5.91 Å². The van der Waals surface area contributed by atoms with Crippen LogP contribution in [0.5, 0.6) is 0 Å². The second-order valence-corrected chi connectivity index (χ2v) is 7.68. The molecule has 1 aromatic carbocycles. The van der Waals surface area contributed by atoms with Gasteiger partial charge in [-0.3, -0.25) is 10.1 Å². The van der Waals surface area contributed by atoms with Crippen LogP contribution in [-0.2, 0) is 11.3 Å². The monoisotopic (exact) mass is 410 g/mol. The molecule has 0 aliphatic rings. The number of para-hydroxylation sites is 2. The molecule has 3 heterocycles. The van der Waals surface area contributed by atoms with Gasteiger partial charge in [0.2, 0.25) is 5.95 Å². The van der Waals surface area contributed by atoms with Crippen LogP contribution in [0.4, 0.5) is 5.95 Å². The first kappa shape index (κ1) is 19.4. The van der Waals surface area contributed by atoms with Gasteiger partial charge in [-0.25, -0.2) is 9.97 Å². The maximum absolute atomic E-state index is 12.9. The SMILES string of the molecule is CCOCCCn1c(NC(=O)c2nc(-c3ccco3)sc2C)nc2ccccc21. The number of aromatic nitrogens is 3. The number of benzene rings is 1. The van der Waals surface area contributed by atoms with E-state index < -0.39 is 0 Å². The maximum atomic E-state index is 12.9. The Balaban J connectivity index is 1.59. The molecule has 29 heavy (non-hydrogen) atoms. The van der Waals surface area contributed by atoms with Gasteiger partial charge in [0, 0.05) is 24.6 Å². The largest absolute Gasteiger partial charge is 0.462 e. The van der Waals surface area contributed by atoms with Gasteiger partial charge < -0.3 is 13.7 Å². The standard InChI is InChI=1S/C21H22N4O3S/c1-3-27-12-7-11-25-16-9-5-4-8-15(16)22-21(25)24-19(26)18-14(2)29-20(23-18)17-10-6-13-28-17/h4-6,8-10,13H,3,7,11-12H2,1-2H3,(H,22,24,26). The van der Waals surface area contributed by atoms with Crippen LogP contribution in [0.2, 0.25) is 0 Å². The van der Waals surface area contributed by atoms with Crippen LogP contribution >= 0.6 is 11.3 Å². The summed E-state index contributed by atoms with van der Waals surface area (Å²) in [4.78, 5) is 22.9. The van der Waals surface area contributed by atoms with E-state index in [1.165, 1.54) is 11.3 Å². The number of nitrogens with one attached hydrogen (secondary N) is 1. The third-order valence-corrected chi connectivity index (χ3v) is 5.48. The van der Waals surface area contributed by atoms with E-state index in [0.29, 0.717) is 42.2 Å². The predicted octanol–water partition coefficient (Wildman–Crippen LogP) is 4.74. The lowest BCUT2D eigenvalue weighted by atomic mass is 10.3. The predicted molar refractivity (Wildman–Crippen MR) is 113 cm³/mol. The Bertz CT molecular complexity index is 1110. The van der Waals surface area contributed by atoms with E-state index in [-0.39, 0.29) is 5.91 Å². The van der Waals surface area contributed by atoms with Gasteiger partial charge in [0.15, 0.2) is 10.8 Å². The molecule has 4 aromatic rings. The van der Waals surface area contributed by atoms with E-state index >= 15 is 0 Å². The fraction of sp³-hybridized carbons (Fsp3) is 0.286. The second-order valence-electron chi connectivity index (χ2n) is 6.48. The van der Waals surface area contributed by atoms with E-state index in [1.807, 2.05) is 48.7 Å². The molecule has 3 aromatic heterocycles. The average Bonchev–Trinajstić information content (AvgIpc) is 3.44. The Hall–Kier alpha value is -2.97. The number of ether oxygens (including phenoxy) is 1. The first-order valence-corrected chi connectivity index (χ1v) is 10.3. The smallest absolute Gasteiger partial charge is 0.277 e. The second kappa shape index (κ2) is 8.59. The maximum Gasteiger partial charge on any atom is 0.277 e. The van der Waals surface area contributed by atoms with Crippen LogP contribution < -0.4 is 5.32 Å². The first-order valence-electron chi connectivity index (χ1n) is 9.53. The molecule has 0 bridgehead atoms. The van der Waals surface area contributed by atoms with E-state index in [4.69, 9.17) is 9.15 Å². The Morgan fingerprint density at radius 3 is 2.90 bits per heavy atom. The molecular weight excluding hydrogens is 388 g/mol. The number of aryl methyl sites for hydroxylation is 2. The van der Waals surface area contributed by atoms with Crippen LogP contribution in [0.25, 0.3) is 21.8 Å². The van der Waals surface area contributed by atoms with E-state index in [9.17, 15) is 4.79 Å². The summed E-state index contributed by atoms with van der Waals surface area (Å²) < 4.78 is 12.9. The zero-order valence-corrected chi connectivity index (χ0v) is 17.2. The van der Waals surface area contributed by atoms with Gasteiger partial charge in [-0.15, -0.1) is 11.3 Å². The fourth-order valence-corrected chi connectivity index (χ4v) is 4.02. The van der Waals surface area contributed by atoms with Crippen molar-refractivity contribution in [1.82, 2.24) is 14.5 Å². The summed E-state index contributed by atoms with van der Waals surface area (Å²) in [5.74, 6) is 0.887. The van der Waals surface area contributed by atoms with Crippen LogP contribution in [0.15, 0.2) is 47.1 Å². The number of furan rings is 1. The molecule has 1 N–H and O–H groups in total. The minimum atomic E-state index is -0.280. The number of hydrogen-bond acceptors (Lipinski definition) is 6. The highest BCUT2D eigenvalue weighted by Crippen LogP contribution is 2.28. The molecule has 150 valence electrons.